The molecular formula is C54H101NO3. The fraction of sp³-hybridized carbons (Fsp3) is 0.833. The van der Waals surface area contributed by atoms with E-state index >= 15 is 0 Å². The molecule has 0 aromatic carbocycles. The van der Waals surface area contributed by atoms with Gasteiger partial charge >= 0.3 is 0 Å². The van der Waals surface area contributed by atoms with E-state index < -0.39 is 12.1 Å². The molecule has 0 saturated carbocycles. The van der Waals surface area contributed by atoms with E-state index in [2.05, 4.69) is 55.6 Å². The minimum Gasteiger partial charge on any atom is -0.394 e. The van der Waals surface area contributed by atoms with Gasteiger partial charge in [0.05, 0.1) is 18.8 Å². The number of aliphatic hydroxyl groups excluding tert-OH is 2. The number of rotatable bonds is 47. The van der Waals surface area contributed by atoms with Crippen LogP contribution >= 0.6 is 0 Å². The maximum Gasteiger partial charge on any atom is 0.220 e. The summed E-state index contributed by atoms with van der Waals surface area (Å²) in [7, 11) is 0. The molecule has 0 rings (SSSR count). The number of hydrogen-bond acceptors (Lipinski definition) is 3. The maximum absolute atomic E-state index is 12.4. The minimum absolute atomic E-state index is 0.0873. The van der Waals surface area contributed by atoms with Gasteiger partial charge in [-0.15, -0.1) is 0 Å². The van der Waals surface area contributed by atoms with E-state index in [9.17, 15) is 15.0 Å². The first kappa shape index (κ1) is 56.4. The molecule has 0 saturated heterocycles. The third-order valence-corrected chi connectivity index (χ3v) is 11.8. The zero-order valence-electron chi connectivity index (χ0n) is 39.1. The molecule has 4 nitrogen and oxygen atoms in total. The van der Waals surface area contributed by atoms with Crippen molar-refractivity contribution in [2.24, 2.45) is 0 Å². The summed E-state index contributed by atoms with van der Waals surface area (Å²) in [5, 5.41) is 23.0. The van der Waals surface area contributed by atoms with Crippen LogP contribution in [0.5, 0.6) is 0 Å². The van der Waals surface area contributed by atoms with Crippen molar-refractivity contribution < 1.29 is 15.0 Å². The molecule has 58 heavy (non-hydrogen) atoms. The molecule has 2 atom stereocenters. The van der Waals surface area contributed by atoms with Crippen LogP contribution in [-0.2, 0) is 4.79 Å². The predicted molar refractivity (Wildman–Crippen MR) is 258 cm³/mol. The Morgan fingerprint density at radius 3 is 1.02 bits per heavy atom. The van der Waals surface area contributed by atoms with E-state index in [1.165, 1.54) is 199 Å². The van der Waals surface area contributed by atoms with E-state index in [-0.39, 0.29) is 12.5 Å². The Morgan fingerprint density at radius 2 is 0.672 bits per heavy atom. The number of hydrogen-bond donors (Lipinski definition) is 3. The normalized spacial score (nSPS) is 13.2. The summed E-state index contributed by atoms with van der Waals surface area (Å²) in [5.74, 6) is -0.0873. The van der Waals surface area contributed by atoms with Crippen molar-refractivity contribution in [3.63, 3.8) is 0 Å². The van der Waals surface area contributed by atoms with E-state index in [0.29, 0.717) is 6.42 Å². The molecule has 0 aliphatic carbocycles. The van der Waals surface area contributed by atoms with Gasteiger partial charge in [0.2, 0.25) is 5.91 Å². The lowest BCUT2D eigenvalue weighted by atomic mass is 10.0. The highest BCUT2D eigenvalue weighted by atomic mass is 16.3. The van der Waals surface area contributed by atoms with Crippen LogP contribution in [0.3, 0.4) is 0 Å². The number of aliphatic hydroxyl groups is 2. The topological polar surface area (TPSA) is 69.6 Å². The molecule has 0 aliphatic rings. The van der Waals surface area contributed by atoms with Gasteiger partial charge in [-0.2, -0.15) is 0 Å². The lowest BCUT2D eigenvalue weighted by Gasteiger charge is -2.19. The fourth-order valence-corrected chi connectivity index (χ4v) is 7.79. The van der Waals surface area contributed by atoms with Crippen LogP contribution in [0.4, 0.5) is 0 Å². The van der Waals surface area contributed by atoms with Crippen LogP contribution in [0.15, 0.2) is 48.6 Å². The Labute approximate surface area is 363 Å². The first-order valence-electron chi connectivity index (χ1n) is 25.9. The Hall–Kier alpha value is -1.65. The van der Waals surface area contributed by atoms with Crippen molar-refractivity contribution in [1.29, 1.82) is 0 Å². The summed E-state index contributed by atoms with van der Waals surface area (Å²) >= 11 is 0. The Bertz CT molecular complexity index is 923. The maximum atomic E-state index is 12.4. The van der Waals surface area contributed by atoms with Crippen molar-refractivity contribution in [3.8, 4) is 0 Å². The van der Waals surface area contributed by atoms with Crippen molar-refractivity contribution in [2.75, 3.05) is 6.61 Å². The molecular weight excluding hydrogens is 711 g/mol. The second-order valence-electron chi connectivity index (χ2n) is 17.6. The molecule has 0 fully saturated rings. The smallest absolute Gasteiger partial charge is 0.220 e. The van der Waals surface area contributed by atoms with Gasteiger partial charge in [-0.3, -0.25) is 4.79 Å². The van der Waals surface area contributed by atoms with Crippen molar-refractivity contribution in [1.82, 2.24) is 5.32 Å². The molecule has 2 unspecified atom stereocenters. The molecule has 340 valence electrons. The highest BCUT2D eigenvalue weighted by Gasteiger charge is 2.17. The molecule has 0 spiro atoms. The van der Waals surface area contributed by atoms with Gasteiger partial charge < -0.3 is 15.5 Å². The number of carbonyl (C=O) groups is 1. The third kappa shape index (κ3) is 45.4. The molecule has 0 aromatic heterocycles. The number of amides is 1. The molecule has 0 heterocycles. The van der Waals surface area contributed by atoms with Gasteiger partial charge in [-0.1, -0.05) is 242 Å². The fourth-order valence-electron chi connectivity index (χ4n) is 7.79. The lowest BCUT2D eigenvalue weighted by Crippen LogP contribution is -2.45. The largest absolute Gasteiger partial charge is 0.394 e. The monoisotopic (exact) mass is 812 g/mol. The van der Waals surface area contributed by atoms with Crippen LogP contribution in [-0.4, -0.2) is 34.9 Å². The summed E-state index contributed by atoms with van der Waals surface area (Å²) < 4.78 is 0. The molecule has 4 heteroatoms. The van der Waals surface area contributed by atoms with E-state index in [1.54, 1.807) is 6.08 Å². The second kappa shape index (κ2) is 49.7. The van der Waals surface area contributed by atoms with Gasteiger partial charge in [0, 0.05) is 6.42 Å². The zero-order chi connectivity index (χ0) is 42.1. The molecule has 0 aliphatic heterocycles. The summed E-state index contributed by atoms with van der Waals surface area (Å²) in [6.07, 6.45) is 68.4. The van der Waals surface area contributed by atoms with Crippen LogP contribution < -0.4 is 5.32 Å². The Balaban J connectivity index is 3.52. The summed E-state index contributed by atoms with van der Waals surface area (Å²) in [6, 6.07) is -0.650. The second-order valence-corrected chi connectivity index (χ2v) is 17.6. The van der Waals surface area contributed by atoms with Crippen molar-refractivity contribution in [3.05, 3.63) is 48.6 Å². The Kier molecular flexibility index (Phi) is 48.3. The van der Waals surface area contributed by atoms with Crippen molar-refractivity contribution >= 4 is 5.91 Å². The van der Waals surface area contributed by atoms with Gasteiger partial charge in [-0.05, 0) is 70.6 Å². The summed E-state index contributed by atoms with van der Waals surface area (Å²) in [6.45, 7) is 4.28. The summed E-state index contributed by atoms with van der Waals surface area (Å²) in [5.41, 5.74) is 0. The number of carbonyl (C=O) groups excluding carboxylic acids is 1. The average molecular weight is 812 g/mol. The van der Waals surface area contributed by atoms with Crippen molar-refractivity contribution in [2.45, 2.75) is 283 Å². The molecule has 0 bridgehead atoms. The van der Waals surface area contributed by atoms with E-state index in [1.807, 2.05) is 6.08 Å². The highest BCUT2D eigenvalue weighted by molar-refractivity contribution is 5.76. The zero-order valence-corrected chi connectivity index (χ0v) is 39.1. The molecule has 0 radical (unpaired) electrons. The first-order valence-corrected chi connectivity index (χ1v) is 25.9. The van der Waals surface area contributed by atoms with Gasteiger partial charge in [0.1, 0.15) is 0 Å². The molecule has 1 amide bonds. The lowest BCUT2D eigenvalue weighted by molar-refractivity contribution is -0.123. The molecule has 3 N–H and O–H groups in total. The summed E-state index contributed by atoms with van der Waals surface area (Å²) in [4.78, 5) is 12.4. The molecule has 0 aromatic rings. The first-order chi connectivity index (χ1) is 28.7. The highest BCUT2D eigenvalue weighted by Crippen LogP contribution is 2.16. The Morgan fingerprint density at radius 1 is 0.397 bits per heavy atom. The minimum atomic E-state index is -0.874. The number of nitrogens with one attached hydrogen (secondary N) is 1. The van der Waals surface area contributed by atoms with Gasteiger partial charge in [-0.25, -0.2) is 0 Å². The van der Waals surface area contributed by atoms with Crippen LogP contribution in [0.2, 0.25) is 0 Å². The van der Waals surface area contributed by atoms with Gasteiger partial charge in [0.15, 0.2) is 0 Å². The predicted octanol–water partition coefficient (Wildman–Crippen LogP) is 16.7. The quantitative estimate of drug-likeness (QED) is 0.0423. The third-order valence-electron chi connectivity index (χ3n) is 11.8. The van der Waals surface area contributed by atoms with Gasteiger partial charge in [0.25, 0.3) is 0 Å². The van der Waals surface area contributed by atoms with Crippen LogP contribution in [0, 0.1) is 0 Å². The standard InChI is InChI=1S/C54H101NO3/c1-3-5-7-9-11-13-15-17-18-19-20-21-22-23-24-25-26-27-28-29-30-31-32-33-34-35-36-38-39-41-43-45-47-49-53(57)52(51-56)55-54(58)50-48-46-44-42-40-37-16-14-12-10-8-6-4-2/h14,16,34-35,39,41,47,49,52-53,56-57H,3-13,15,17-33,36-38,40,42-46,48,50-51H2,1-2H3,(H,55,58)/b16-14-,35-34+,41-39+,49-47+. The number of unbranched alkanes of at least 4 members (excludes halogenated alkanes) is 34. The average Bonchev–Trinajstić information content (AvgIpc) is 3.23. The SMILES string of the molecule is CCCCCC/C=C\CCCCCCCC(=O)NC(CO)C(O)/C=C/CC/C=C/CC/C=C/CCCCCCCCCCCCCCCCCCCCCCCCC. The number of allylic oxidation sites excluding steroid dienone is 7. The van der Waals surface area contributed by atoms with E-state index in [0.717, 1.165) is 51.4 Å². The van der Waals surface area contributed by atoms with Crippen LogP contribution in [0.1, 0.15) is 271 Å². The van der Waals surface area contributed by atoms with E-state index in [4.69, 9.17) is 0 Å². The van der Waals surface area contributed by atoms with Crippen LogP contribution in [0.25, 0.3) is 0 Å².